The Morgan fingerprint density at radius 3 is 2.21 bits per heavy atom. The molecule has 0 saturated carbocycles. The van der Waals surface area contributed by atoms with Crippen molar-refractivity contribution in [1.29, 1.82) is 0 Å². The first-order valence-corrected chi connectivity index (χ1v) is 4.45. The molecule has 0 spiro atoms. The molecule has 0 aliphatic rings. The van der Waals surface area contributed by atoms with Crippen LogP contribution in [-0.2, 0) is 5.41 Å². The molecule has 0 aromatic heterocycles. The van der Waals surface area contributed by atoms with E-state index in [4.69, 9.17) is 5.11 Å². The van der Waals surface area contributed by atoms with Gasteiger partial charge in [0.1, 0.15) is 0 Å². The van der Waals surface area contributed by atoms with Crippen LogP contribution in [0.2, 0.25) is 0 Å². The van der Waals surface area contributed by atoms with E-state index in [0.29, 0.717) is 5.56 Å². The third-order valence-electron chi connectivity index (χ3n) is 2.39. The molecule has 1 aromatic carbocycles. The third kappa shape index (κ3) is 2.02. The fourth-order valence-electron chi connectivity index (χ4n) is 1.16. The van der Waals surface area contributed by atoms with Crippen molar-refractivity contribution in [3.05, 3.63) is 48.0 Å². The van der Waals surface area contributed by atoms with E-state index >= 15 is 0 Å². The summed E-state index contributed by atoms with van der Waals surface area (Å²) in [5.41, 5.74) is 1.27. The molecule has 0 saturated heterocycles. The Hall–Kier alpha value is -1.57. The number of allylic oxidation sites excluding steroid dienone is 1. The van der Waals surface area contributed by atoms with Crippen LogP contribution in [0, 0.1) is 0 Å². The average molecular weight is 190 g/mol. The first-order chi connectivity index (χ1) is 6.47. The number of carboxylic acid groups (broad SMARTS) is 1. The van der Waals surface area contributed by atoms with Crippen molar-refractivity contribution < 1.29 is 9.90 Å². The molecule has 0 aliphatic carbocycles. The average Bonchev–Trinajstić information content (AvgIpc) is 2.18. The molecule has 0 heterocycles. The van der Waals surface area contributed by atoms with Crippen molar-refractivity contribution in [2.75, 3.05) is 0 Å². The van der Waals surface area contributed by atoms with E-state index in [1.165, 1.54) is 0 Å². The SMILES string of the molecule is C=CC(C)(C)c1ccc(C(=O)O)cc1. The van der Waals surface area contributed by atoms with Gasteiger partial charge in [0.25, 0.3) is 0 Å². The monoisotopic (exact) mass is 190 g/mol. The number of hydrogen-bond donors (Lipinski definition) is 1. The summed E-state index contributed by atoms with van der Waals surface area (Å²) in [6, 6.07) is 6.88. The van der Waals surface area contributed by atoms with Crippen LogP contribution in [0.3, 0.4) is 0 Å². The summed E-state index contributed by atoms with van der Waals surface area (Å²) in [5.74, 6) is -0.895. The van der Waals surface area contributed by atoms with Gasteiger partial charge in [-0.2, -0.15) is 0 Å². The fraction of sp³-hybridized carbons (Fsp3) is 0.250. The van der Waals surface area contributed by atoms with Gasteiger partial charge in [0.2, 0.25) is 0 Å². The maximum absolute atomic E-state index is 10.6. The lowest BCUT2D eigenvalue weighted by Crippen LogP contribution is -2.12. The van der Waals surface area contributed by atoms with Crippen LogP contribution in [0.1, 0.15) is 29.8 Å². The standard InChI is InChI=1S/C12H14O2/c1-4-12(2,3)10-7-5-9(6-8-10)11(13)14/h4-8H,1H2,2-3H3,(H,13,14). The van der Waals surface area contributed by atoms with Gasteiger partial charge >= 0.3 is 5.97 Å². The summed E-state index contributed by atoms with van der Waals surface area (Å²) < 4.78 is 0. The summed E-state index contributed by atoms with van der Waals surface area (Å²) in [4.78, 5) is 10.6. The largest absolute Gasteiger partial charge is 0.478 e. The maximum atomic E-state index is 10.6. The maximum Gasteiger partial charge on any atom is 0.335 e. The molecule has 0 bridgehead atoms. The highest BCUT2D eigenvalue weighted by molar-refractivity contribution is 5.87. The van der Waals surface area contributed by atoms with Crippen LogP contribution >= 0.6 is 0 Å². The van der Waals surface area contributed by atoms with E-state index < -0.39 is 5.97 Å². The van der Waals surface area contributed by atoms with Crippen molar-refractivity contribution in [2.24, 2.45) is 0 Å². The van der Waals surface area contributed by atoms with Gasteiger partial charge in [-0.3, -0.25) is 0 Å². The van der Waals surface area contributed by atoms with E-state index in [0.717, 1.165) is 5.56 Å². The minimum Gasteiger partial charge on any atom is -0.478 e. The fourth-order valence-corrected chi connectivity index (χ4v) is 1.16. The second kappa shape index (κ2) is 3.66. The van der Waals surface area contributed by atoms with Crippen LogP contribution < -0.4 is 0 Å². The van der Waals surface area contributed by atoms with Crippen molar-refractivity contribution in [3.63, 3.8) is 0 Å². The van der Waals surface area contributed by atoms with Gasteiger partial charge in [-0.05, 0) is 17.7 Å². The van der Waals surface area contributed by atoms with E-state index in [1.807, 2.05) is 32.1 Å². The van der Waals surface area contributed by atoms with Gasteiger partial charge in [-0.1, -0.05) is 32.1 Å². The lowest BCUT2D eigenvalue weighted by molar-refractivity contribution is 0.0697. The predicted molar refractivity (Wildman–Crippen MR) is 56.6 cm³/mol. The lowest BCUT2D eigenvalue weighted by Gasteiger charge is -2.20. The van der Waals surface area contributed by atoms with Crippen molar-refractivity contribution in [1.82, 2.24) is 0 Å². The first kappa shape index (κ1) is 10.5. The summed E-state index contributed by atoms with van der Waals surface area (Å²) in [6.07, 6.45) is 1.85. The minimum atomic E-state index is -0.895. The molecule has 1 aromatic rings. The third-order valence-corrected chi connectivity index (χ3v) is 2.39. The number of hydrogen-bond acceptors (Lipinski definition) is 1. The van der Waals surface area contributed by atoms with Crippen LogP contribution in [0.4, 0.5) is 0 Å². The Bertz CT molecular complexity index is 347. The van der Waals surface area contributed by atoms with Gasteiger partial charge in [-0.15, -0.1) is 6.58 Å². The molecule has 0 radical (unpaired) electrons. The summed E-state index contributed by atoms with van der Waals surface area (Å²) in [5, 5.41) is 8.72. The van der Waals surface area contributed by atoms with Crippen molar-refractivity contribution >= 4 is 5.97 Å². The molecule has 0 atom stereocenters. The molecule has 14 heavy (non-hydrogen) atoms. The van der Waals surface area contributed by atoms with Crippen LogP contribution in [0.25, 0.3) is 0 Å². The molecule has 0 fully saturated rings. The molecule has 2 heteroatoms. The molecule has 0 aliphatic heterocycles. The Labute approximate surface area is 83.9 Å². The molecule has 0 amide bonds. The van der Waals surface area contributed by atoms with Crippen molar-refractivity contribution in [2.45, 2.75) is 19.3 Å². The van der Waals surface area contributed by atoms with Gasteiger partial charge in [0.05, 0.1) is 5.56 Å². The molecular weight excluding hydrogens is 176 g/mol. The zero-order valence-electron chi connectivity index (χ0n) is 8.45. The lowest BCUT2D eigenvalue weighted by atomic mass is 9.84. The predicted octanol–water partition coefficient (Wildman–Crippen LogP) is 2.85. The quantitative estimate of drug-likeness (QED) is 0.744. The zero-order valence-corrected chi connectivity index (χ0v) is 8.45. The summed E-state index contributed by atoms with van der Waals surface area (Å²) >= 11 is 0. The van der Waals surface area contributed by atoms with E-state index in [-0.39, 0.29) is 5.41 Å². The smallest absolute Gasteiger partial charge is 0.335 e. The molecule has 1 N–H and O–H groups in total. The number of carboxylic acids is 1. The highest BCUT2D eigenvalue weighted by Gasteiger charge is 2.15. The normalized spacial score (nSPS) is 11.0. The molecule has 2 nitrogen and oxygen atoms in total. The van der Waals surface area contributed by atoms with E-state index in [1.54, 1.807) is 12.1 Å². The molecule has 1 rings (SSSR count). The molecule has 0 unspecified atom stereocenters. The second-order valence-electron chi connectivity index (χ2n) is 3.81. The molecule has 74 valence electrons. The Morgan fingerprint density at radius 2 is 1.86 bits per heavy atom. The van der Waals surface area contributed by atoms with Gasteiger partial charge < -0.3 is 5.11 Å². The van der Waals surface area contributed by atoms with Crippen molar-refractivity contribution in [3.8, 4) is 0 Å². The Kier molecular flexibility index (Phi) is 2.75. The van der Waals surface area contributed by atoms with Crippen LogP contribution in [0.5, 0.6) is 0 Å². The number of rotatable bonds is 3. The van der Waals surface area contributed by atoms with Gasteiger partial charge in [-0.25, -0.2) is 4.79 Å². The number of carbonyl (C=O) groups is 1. The highest BCUT2D eigenvalue weighted by atomic mass is 16.4. The number of benzene rings is 1. The van der Waals surface area contributed by atoms with Gasteiger partial charge in [0.15, 0.2) is 0 Å². The van der Waals surface area contributed by atoms with Crippen LogP contribution in [0.15, 0.2) is 36.9 Å². The highest BCUT2D eigenvalue weighted by Crippen LogP contribution is 2.24. The Morgan fingerprint density at radius 1 is 1.36 bits per heavy atom. The number of aromatic carboxylic acids is 1. The molecular formula is C12H14O2. The first-order valence-electron chi connectivity index (χ1n) is 4.45. The summed E-state index contributed by atoms with van der Waals surface area (Å²) in [6.45, 7) is 7.82. The Balaban J connectivity index is 3.05. The second-order valence-corrected chi connectivity index (χ2v) is 3.81. The zero-order chi connectivity index (χ0) is 10.8. The minimum absolute atomic E-state index is 0.114. The summed E-state index contributed by atoms with van der Waals surface area (Å²) in [7, 11) is 0. The van der Waals surface area contributed by atoms with Crippen LogP contribution in [-0.4, -0.2) is 11.1 Å². The van der Waals surface area contributed by atoms with E-state index in [9.17, 15) is 4.79 Å². The van der Waals surface area contributed by atoms with E-state index in [2.05, 4.69) is 6.58 Å². The topological polar surface area (TPSA) is 37.3 Å². The van der Waals surface area contributed by atoms with Gasteiger partial charge in [0, 0.05) is 5.41 Å².